The number of thioether (sulfide) groups is 1. The average Bonchev–Trinajstić information content (AvgIpc) is 3.13. The van der Waals surface area contributed by atoms with Gasteiger partial charge in [0.2, 0.25) is 5.16 Å². The highest BCUT2D eigenvalue weighted by Gasteiger charge is 2.17. The number of nitrogens with zero attached hydrogens (tertiary/aromatic N) is 5. The van der Waals surface area contributed by atoms with Gasteiger partial charge in [0.15, 0.2) is 6.61 Å². The highest BCUT2D eigenvalue weighted by Crippen LogP contribution is 2.18. The van der Waals surface area contributed by atoms with Crippen LogP contribution in [0.3, 0.4) is 0 Å². The Morgan fingerprint density at radius 3 is 2.76 bits per heavy atom. The Balaban J connectivity index is 1.65. The van der Waals surface area contributed by atoms with Crippen LogP contribution in [-0.4, -0.2) is 44.3 Å². The van der Waals surface area contributed by atoms with Gasteiger partial charge in [-0.2, -0.15) is 10.2 Å². The number of carbonyl (C=O) groups is 2. The fourth-order valence-electron chi connectivity index (χ4n) is 2.75. The van der Waals surface area contributed by atoms with E-state index in [2.05, 4.69) is 20.4 Å². The lowest BCUT2D eigenvalue weighted by molar-refractivity contribution is -0.146. The second kappa shape index (κ2) is 8.70. The number of amides is 1. The van der Waals surface area contributed by atoms with Crippen molar-refractivity contribution in [1.82, 2.24) is 19.6 Å². The van der Waals surface area contributed by atoms with E-state index in [9.17, 15) is 9.59 Å². The summed E-state index contributed by atoms with van der Waals surface area (Å²) in [6, 6.07) is 8.57. The summed E-state index contributed by atoms with van der Waals surface area (Å²) in [7, 11) is 0. The van der Waals surface area contributed by atoms with Crippen molar-refractivity contribution >= 4 is 35.1 Å². The molecule has 1 aromatic carbocycles. The lowest BCUT2D eigenvalue weighted by atomic mass is 10.1. The monoisotopic (exact) mass is 410 g/mol. The molecule has 9 nitrogen and oxygen atoms in total. The van der Waals surface area contributed by atoms with E-state index in [0.717, 1.165) is 5.69 Å². The summed E-state index contributed by atoms with van der Waals surface area (Å²) in [5.41, 5.74) is 2.77. The van der Waals surface area contributed by atoms with Gasteiger partial charge in [-0.15, -0.1) is 5.10 Å². The zero-order valence-corrected chi connectivity index (χ0v) is 16.9. The smallest absolute Gasteiger partial charge is 0.310 e. The van der Waals surface area contributed by atoms with E-state index >= 15 is 0 Å². The van der Waals surface area contributed by atoms with Gasteiger partial charge in [-0.05, 0) is 32.2 Å². The maximum absolute atomic E-state index is 12.3. The van der Waals surface area contributed by atoms with Crippen molar-refractivity contribution in [2.75, 3.05) is 18.2 Å². The number of para-hydroxylation sites is 1. The van der Waals surface area contributed by atoms with Gasteiger partial charge in [-0.1, -0.05) is 23.9 Å². The summed E-state index contributed by atoms with van der Waals surface area (Å²) >= 11 is 1.40. The van der Waals surface area contributed by atoms with Crippen LogP contribution < -0.4 is 5.32 Å². The molecule has 0 atom stereocenters. The van der Waals surface area contributed by atoms with Crippen LogP contribution in [0.5, 0.6) is 0 Å². The number of esters is 1. The number of nitrogens with one attached hydrogen (secondary N) is 1. The average molecular weight is 410 g/mol. The van der Waals surface area contributed by atoms with Crippen LogP contribution >= 0.6 is 11.8 Å². The third-order valence-electron chi connectivity index (χ3n) is 4.22. The number of aromatic nitrogens is 4. The number of benzene rings is 1. The van der Waals surface area contributed by atoms with Crippen LogP contribution in [0.4, 0.5) is 5.69 Å². The Hall–Kier alpha value is -3.45. The summed E-state index contributed by atoms with van der Waals surface area (Å²) in [5.74, 6) is -0.618. The van der Waals surface area contributed by atoms with E-state index in [4.69, 9.17) is 10.00 Å². The number of fused-ring (bicyclic) bond motifs is 1. The van der Waals surface area contributed by atoms with Gasteiger partial charge in [0.05, 0.1) is 17.7 Å². The Morgan fingerprint density at radius 2 is 2.03 bits per heavy atom. The molecule has 0 unspecified atom stereocenters. The van der Waals surface area contributed by atoms with Gasteiger partial charge >= 0.3 is 5.97 Å². The highest BCUT2D eigenvalue weighted by molar-refractivity contribution is 7.98. The maximum Gasteiger partial charge on any atom is 0.310 e. The Morgan fingerprint density at radius 1 is 1.28 bits per heavy atom. The SMILES string of the molecule is CSc1nc2nc(C)c(CC(=O)OCC(=O)Nc3ccccc3C#N)c(C)n2n1. The number of hydrogen-bond donors (Lipinski definition) is 1. The molecule has 10 heteroatoms. The molecule has 0 fully saturated rings. The van der Waals surface area contributed by atoms with Crippen LogP contribution in [0.25, 0.3) is 5.78 Å². The molecule has 0 bridgehead atoms. The lowest BCUT2D eigenvalue weighted by Gasteiger charge is -2.11. The predicted molar refractivity (Wildman–Crippen MR) is 106 cm³/mol. The van der Waals surface area contributed by atoms with E-state index in [-0.39, 0.29) is 6.42 Å². The first-order chi connectivity index (χ1) is 13.9. The summed E-state index contributed by atoms with van der Waals surface area (Å²) in [5, 5.41) is 16.5. The molecule has 2 aromatic heterocycles. The number of ether oxygens (including phenoxy) is 1. The van der Waals surface area contributed by atoms with Crippen molar-refractivity contribution in [3.8, 4) is 6.07 Å². The van der Waals surface area contributed by atoms with Crippen molar-refractivity contribution in [2.24, 2.45) is 0 Å². The molecule has 3 aromatic rings. The zero-order chi connectivity index (χ0) is 21.0. The molecular formula is C19H18N6O3S. The van der Waals surface area contributed by atoms with E-state index in [0.29, 0.717) is 33.4 Å². The molecular weight excluding hydrogens is 392 g/mol. The summed E-state index contributed by atoms with van der Waals surface area (Å²) in [4.78, 5) is 33.0. The topological polar surface area (TPSA) is 122 Å². The van der Waals surface area contributed by atoms with Crippen LogP contribution in [0, 0.1) is 25.2 Å². The molecule has 0 radical (unpaired) electrons. The van der Waals surface area contributed by atoms with Gasteiger partial charge in [-0.25, -0.2) is 9.50 Å². The van der Waals surface area contributed by atoms with Crippen molar-refractivity contribution in [1.29, 1.82) is 5.26 Å². The van der Waals surface area contributed by atoms with Crippen molar-refractivity contribution in [3.05, 3.63) is 46.8 Å². The van der Waals surface area contributed by atoms with Gasteiger partial charge < -0.3 is 10.1 Å². The van der Waals surface area contributed by atoms with Crippen LogP contribution in [0.1, 0.15) is 22.5 Å². The molecule has 0 saturated carbocycles. The quantitative estimate of drug-likeness (QED) is 0.484. The molecule has 3 rings (SSSR count). The predicted octanol–water partition coefficient (Wildman–Crippen LogP) is 2.06. The number of nitriles is 1. The van der Waals surface area contributed by atoms with E-state index in [1.807, 2.05) is 19.2 Å². The fraction of sp³-hybridized carbons (Fsp3) is 0.263. The highest BCUT2D eigenvalue weighted by atomic mass is 32.2. The fourth-order valence-corrected chi connectivity index (χ4v) is 3.09. The summed E-state index contributed by atoms with van der Waals surface area (Å²) < 4.78 is 6.68. The van der Waals surface area contributed by atoms with Gasteiger partial charge in [0.1, 0.15) is 6.07 Å². The minimum Gasteiger partial charge on any atom is -0.455 e. The molecule has 148 valence electrons. The number of aryl methyl sites for hydroxylation is 2. The maximum atomic E-state index is 12.3. The van der Waals surface area contributed by atoms with Crippen molar-refractivity contribution in [3.63, 3.8) is 0 Å². The Bertz CT molecular complexity index is 1130. The third kappa shape index (κ3) is 4.52. The summed E-state index contributed by atoms with van der Waals surface area (Å²) in [6.45, 7) is 3.16. The van der Waals surface area contributed by atoms with Crippen LogP contribution in [0.2, 0.25) is 0 Å². The first-order valence-electron chi connectivity index (χ1n) is 8.64. The number of anilines is 1. The molecule has 0 spiro atoms. The lowest BCUT2D eigenvalue weighted by Crippen LogP contribution is -2.22. The largest absolute Gasteiger partial charge is 0.455 e. The van der Waals surface area contributed by atoms with E-state index in [1.165, 1.54) is 11.8 Å². The third-order valence-corrected chi connectivity index (χ3v) is 4.76. The second-order valence-corrected chi connectivity index (χ2v) is 6.89. The Kier molecular flexibility index (Phi) is 6.09. The number of hydrogen-bond acceptors (Lipinski definition) is 8. The van der Waals surface area contributed by atoms with Crippen molar-refractivity contribution in [2.45, 2.75) is 25.4 Å². The zero-order valence-electron chi connectivity index (χ0n) is 16.1. The van der Waals surface area contributed by atoms with Crippen LogP contribution in [-0.2, 0) is 20.7 Å². The molecule has 1 N–H and O–H groups in total. The molecule has 0 aliphatic rings. The molecule has 0 aliphatic heterocycles. The van der Waals surface area contributed by atoms with Gasteiger partial charge in [0, 0.05) is 17.0 Å². The Labute approximate surface area is 171 Å². The molecule has 0 saturated heterocycles. The first-order valence-corrected chi connectivity index (χ1v) is 9.87. The second-order valence-electron chi connectivity index (χ2n) is 6.11. The summed E-state index contributed by atoms with van der Waals surface area (Å²) in [6.07, 6.45) is 1.83. The van der Waals surface area contributed by atoms with Gasteiger partial charge in [-0.3, -0.25) is 9.59 Å². The molecule has 2 heterocycles. The number of carbonyl (C=O) groups excluding carboxylic acids is 2. The normalized spacial score (nSPS) is 10.6. The van der Waals surface area contributed by atoms with E-state index < -0.39 is 18.5 Å². The number of rotatable bonds is 6. The van der Waals surface area contributed by atoms with Crippen molar-refractivity contribution < 1.29 is 14.3 Å². The molecule has 1 amide bonds. The minimum atomic E-state index is -0.564. The van der Waals surface area contributed by atoms with Gasteiger partial charge in [0.25, 0.3) is 11.7 Å². The van der Waals surface area contributed by atoms with Crippen LogP contribution in [0.15, 0.2) is 29.4 Å². The molecule has 29 heavy (non-hydrogen) atoms. The first kappa shape index (κ1) is 20.3. The van der Waals surface area contributed by atoms with E-state index in [1.54, 1.807) is 35.7 Å². The minimum absolute atomic E-state index is 0.0445. The molecule has 0 aliphatic carbocycles. The standard InChI is InChI=1S/C19H18N6O3S/c1-11-14(12(2)25-18(21-11)23-19(24-25)29-3)8-17(27)28-10-16(26)22-15-7-5-4-6-13(15)9-20/h4-7H,8,10H2,1-3H3,(H,22,26).